The number of hydrogen-bond donors (Lipinski definition) is 2. The summed E-state index contributed by atoms with van der Waals surface area (Å²) < 4.78 is 5.45. The lowest BCUT2D eigenvalue weighted by Gasteiger charge is -2.41. The highest BCUT2D eigenvalue weighted by Gasteiger charge is 2.34. The minimum Gasteiger partial charge on any atom is -0.381 e. The second-order valence-corrected chi connectivity index (χ2v) is 5.79. The molecule has 1 heterocycles. The monoisotopic (exact) mass is 226 g/mol. The molecule has 2 rings (SSSR count). The molecule has 0 amide bonds. The van der Waals surface area contributed by atoms with Gasteiger partial charge in [-0.05, 0) is 43.9 Å². The summed E-state index contributed by atoms with van der Waals surface area (Å²) in [6.07, 6.45) is 7.36. The van der Waals surface area contributed by atoms with Gasteiger partial charge in [-0.1, -0.05) is 6.92 Å². The molecule has 0 aromatic heterocycles. The van der Waals surface area contributed by atoms with E-state index in [-0.39, 0.29) is 5.54 Å². The van der Waals surface area contributed by atoms with E-state index in [2.05, 4.69) is 12.2 Å². The Bertz CT molecular complexity index is 220. The molecule has 1 saturated heterocycles. The fourth-order valence-corrected chi connectivity index (χ4v) is 2.84. The zero-order valence-electron chi connectivity index (χ0n) is 10.6. The molecule has 16 heavy (non-hydrogen) atoms. The summed E-state index contributed by atoms with van der Waals surface area (Å²) in [5, 5.41) is 3.61. The molecule has 0 aromatic rings. The van der Waals surface area contributed by atoms with Crippen LogP contribution in [0.3, 0.4) is 0 Å². The van der Waals surface area contributed by atoms with Crippen LogP contribution in [0.15, 0.2) is 0 Å². The van der Waals surface area contributed by atoms with Crippen molar-refractivity contribution in [3.8, 4) is 0 Å². The Balaban J connectivity index is 1.73. The van der Waals surface area contributed by atoms with E-state index < -0.39 is 0 Å². The number of hydrogen-bond acceptors (Lipinski definition) is 3. The van der Waals surface area contributed by atoms with E-state index in [1.807, 2.05) is 0 Å². The third-order valence-electron chi connectivity index (χ3n) is 4.63. The third-order valence-corrected chi connectivity index (χ3v) is 4.63. The van der Waals surface area contributed by atoms with E-state index >= 15 is 0 Å². The van der Waals surface area contributed by atoms with E-state index in [4.69, 9.17) is 10.5 Å². The molecule has 3 nitrogen and oxygen atoms in total. The molecule has 3 heteroatoms. The molecule has 1 saturated carbocycles. The summed E-state index contributed by atoms with van der Waals surface area (Å²) in [6.45, 7) is 6.28. The van der Waals surface area contributed by atoms with Crippen LogP contribution in [-0.2, 0) is 4.74 Å². The van der Waals surface area contributed by atoms with E-state index in [1.54, 1.807) is 0 Å². The number of nitrogens with two attached hydrogens (primary N) is 1. The molecule has 3 N–H and O–H groups in total. The van der Waals surface area contributed by atoms with E-state index in [0.29, 0.717) is 5.41 Å². The van der Waals surface area contributed by atoms with Gasteiger partial charge in [0.25, 0.3) is 0 Å². The molecule has 2 aliphatic rings. The minimum atomic E-state index is 0.111. The summed E-state index contributed by atoms with van der Waals surface area (Å²) >= 11 is 0. The van der Waals surface area contributed by atoms with Gasteiger partial charge in [0.05, 0.1) is 0 Å². The quantitative estimate of drug-likeness (QED) is 0.749. The van der Waals surface area contributed by atoms with Gasteiger partial charge in [-0.25, -0.2) is 0 Å². The Morgan fingerprint density at radius 1 is 1.12 bits per heavy atom. The lowest BCUT2D eigenvalue weighted by Crippen LogP contribution is -2.55. The van der Waals surface area contributed by atoms with Crippen molar-refractivity contribution < 1.29 is 4.74 Å². The Morgan fingerprint density at radius 3 is 2.31 bits per heavy atom. The maximum absolute atomic E-state index is 6.22. The summed E-state index contributed by atoms with van der Waals surface area (Å²) in [6, 6.07) is 0. The van der Waals surface area contributed by atoms with Crippen molar-refractivity contribution >= 4 is 0 Å². The van der Waals surface area contributed by atoms with Gasteiger partial charge in [-0.3, -0.25) is 0 Å². The number of nitrogens with one attached hydrogen (secondary N) is 1. The third kappa shape index (κ3) is 2.76. The van der Waals surface area contributed by atoms with Gasteiger partial charge in [0, 0.05) is 31.8 Å². The van der Waals surface area contributed by atoms with Crippen molar-refractivity contribution in [2.45, 2.75) is 51.0 Å². The number of rotatable bonds is 5. The SMILES string of the molecule is CCC1(CNCC2(N)CCC2)CCOCC1. The van der Waals surface area contributed by atoms with Crippen molar-refractivity contribution in [1.82, 2.24) is 5.32 Å². The van der Waals surface area contributed by atoms with Crippen LogP contribution < -0.4 is 11.1 Å². The molecule has 1 aliphatic carbocycles. The van der Waals surface area contributed by atoms with Crippen LogP contribution in [0.1, 0.15) is 45.4 Å². The van der Waals surface area contributed by atoms with Crippen molar-refractivity contribution in [2.75, 3.05) is 26.3 Å². The maximum atomic E-state index is 6.22. The number of ether oxygens (including phenoxy) is 1. The Morgan fingerprint density at radius 2 is 1.81 bits per heavy atom. The van der Waals surface area contributed by atoms with Crippen molar-refractivity contribution in [3.63, 3.8) is 0 Å². The second kappa shape index (κ2) is 5.03. The molecule has 94 valence electrons. The van der Waals surface area contributed by atoms with Crippen LogP contribution in [-0.4, -0.2) is 31.8 Å². The van der Waals surface area contributed by atoms with Gasteiger partial charge in [0.2, 0.25) is 0 Å². The van der Waals surface area contributed by atoms with Crippen molar-refractivity contribution in [2.24, 2.45) is 11.1 Å². The molecular weight excluding hydrogens is 200 g/mol. The van der Waals surface area contributed by atoms with E-state index in [9.17, 15) is 0 Å². The predicted molar refractivity (Wildman–Crippen MR) is 66.4 cm³/mol. The first kappa shape index (κ1) is 12.3. The average molecular weight is 226 g/mol. The molecule has 0 bridgehead atoms. The van der Waals surface area contributed by atoms with E-state index in [1.165, 1.54) is 38.5 Å². The minimum absolute atomic E-state index is 0.111. The molecule has 0 radical (unpaired) electrons. The lowest BCUT2D eigenvalue weighted by atomic mass is 9.76. The normalized spacial score (nSPS) is 27.4. The lowest BCUT2D eigenvalue weighted by molar-refractivity contribution is 0.0117. The van der Waals surface area contributed by atoms with Gasteiger partial charge >= 0.3 is 0 Å². The zero-order chi connectivity index (χ0) is 11.5. The molecule has 1 aliphatic heterocycles. The summed E-state index contributed by atoms with van der Waals surface area (Å²) in [5.74, 6) is 0. The highest BCUT2D eigenvalue weighted by Crippen LogP contribution is 2.34. The van der Waals surface area contributed by atoms with Gasteiger partial charge in [0.15, 0.2) is 0 Å². The van der Waals surface area contributed by atoms with E-state index in [0.717, 1.165) is 26.3 Å². The first-order valence-corrected chi connectivity index (χ1v) is 6.76. The second-order valence-electron chi connectivity index (χ2n) is 5.79. The smallest absolute Gasteiger partial charge is 0.0471 e. The van der Waals surface area contributed by atoms with Crippen LogP contribution in [0.4, 0.5) is 0 Å². The van der Waals surface area contributed by atoms with Crippen LogP contribution in [0.25, 0.3) is 0 Å². The Kier molecular flexibility index (Phi) is 3.88. The largest absolute Gasteiger partial charge is 0.381 e. The zero-order valence-corrected chi connectivity index (χ0v) is 10.6. The first-order valence-electron chi connectivity index (χ1n) is 6.76. The van der Waals surface area contributed by atoms with Gasteiger partial charge < -0.3 is 15.8 Å². The molecule has 2 fully saturated rings. The highest BCUT2D eigenvalue weighted by atomic mass is 16.5. The fraction of sp³-hybridized carbons (Fsp3) is 1.00. The van der Waals surface area contributed by atoms with Crippen molar-refractivity contribution in [3.05, 3.63) is 0 Å². The molecule has 0 atom stereocenters. The van der Waals surface area contributed by atoms with Crippen LogP contribution >= 0.6 is 0 Å². The summed E-state index contributed by atoms with van der Waals surface area (Å²) in [4.78, 5) is 0. The molecule has 0 spiro atoms. The van der Waals surface area contributed by atoms with Crippen LogP contribution in [0.5, 0.6) is 0 Å². The Hall–Kier alpha value is -0.120. The predicted octanol–water partition coefficient (Wildman–Crippen LogP) is 1.66. The molecular formula is C13H26N2O. The highest BCUT2D eigenvalue weighted by molar-refractivity contribution is 4.95. The van der Waals surface area contributed by atoms with Crippen molar-refractivity contribution in [1.29, 1.82) is 0 Å². The first-order chi connectivity index (χ1) is 7.68. The van der Waals surface area contributed by atoms with Gasteiger partial charge in [-0.15, -0.1) is 0 Å². The Labute approximate surface area is 99.1 Å². The molecule has 0 aromatic carbocycles. The summed E-state index contributed by atoms with van der Waals surface area (Å²) in [7, 11) is 0. The summed E-state index contributed by atoms with van der Waals surface area (Å²) in [5.41, 5.74) is 6.80. The van der Waals surface area contributed by atoms with Gasteiger partial charge in [0.1, 0.15) is 0 Å². The van der Waals surface area contributed by atoms with Crippen LogP contribution in [0.2, 0.25) is 0 Å². The average Bonchev–Trinajstić information content (AvgIpc) is 2.28. The topological polar surface area (TPSA) is 47.3 Å². The standard InChI is InChI=1S/C13H26N2O/c1-2-12(6-8-16-9-7-12)10-15-11-13(14)4-3-5-13/h15H,2-11,14H2,1H3. The maximum Gasteiger partial charge on any atom is 0.0471 e. The fourth-order valence-electron chi connectivity index (χ4n) is 2.84. The van der Waals surface area contributed by atoms with Crippen LogP contribution in [0, 0.1) is 5.41 Å². The molecule has 0 unspecified atom stereocenters. The van der Waals surface area contributed by atoms with Gasteiger partial charge in [-0.2, -0.15) is 0 Å².